The molecule has 0 unspecified atom stereocenters. The van der Waals surface area contributed by atoms with E-state index >= 15 is 0 Å². The minimum Gasteiger partial charge on any atom is -0.435 e. The van der Waals surface area contributed by atoms with E-state index in [9.17, 15) is 18.0 Å². The van der Waals surface area contributed by atoms with Crippen molar-refractivity contribution in [3.63, 3.8) is 0 Å². The van der Waals surface area contributed by atoms with Crippen molar-refractivity contribution >= 4 is 17.5 Å². The number of benzene rings is 2. The maximum absolute atomic E-state index is 13.7. The molecule has 122 valence electrons. The van der Waals surface area contributed by atoms with Crippen LogP contribution in [-0.4, -0.2) is 12.5 Å². The second-order valence-electron chi connectivity index (χ2n) is 4.77. The Morgan fingerprint density at radius 3 is 2.65 bits per heavy atom. The van der Waals surface area contributed by atoms with Crippen molar-refractivity contribution in [3.8, 4) is 5.75 Å². The Morgan fingerprint density at radius 2 is 1.96 bits per heavy atom. The van der Waals surface area contributed by atoms with Gasteiger partial charge in [0.15, 0.2) is 0 Å². The first-order chi connectivity index (χ1) is 10.9. The van der Waals surface area contributed by atoms with Crippen molar-refractivity contribution in [2.75, 3.05) is 0 Å². The highest BCUT2D eigenvalue weighted by Crippen LogP contribution is 2.22. The van der Waals surface area contributed by atoms with E-state index in [2.05, 4.69) is 10.1 Å². The van der Waals surface area contributed by atoms with Gasteiger partial charge in [-0.15, -0.1) is 0 Å². The van der Waals surface area contributed by atoms with Gasteiger partial charge in [0, 0.05) is 5.02 Å². The van der Waals surface area contributed by atoms with E-state index in [-0.39, 0.29) is 16.3 Å². The largest absolute Gasteiger partial charge is 0.435 e. The fraction of sp³-hybridized carbons (Fsp3) is 0.188. The van der Waals surface area contributed by atoms with Crippen LogP contribution in [0.25, 0.3) is 0 Å². The number of hydrogen-bond acceptors (Lipinski definition) is 2. The molecule has 7 heteroatoms. The molecule has 0 radical (unpaired) electrons. The summed E-state index contributed by atoms with van der Waals surface area (Å²) >= 11 is 5.75. The van der Waals surface area contributed by atoms with Gasteiger partial charge in [-0.05, 0) is 42.8 Å². The molecule has 0 heterocycles. The summed E-state index contributed by atoms with van der Waals surface area (Å²) in [7, 11) is 0. The highest BCUT2D eigenvalue weighted by Gasteiger charge is 2.16. The van der Waals surface area contributed by atoms with Crippen LogP contribution in [0.2, 0.25) is 5.02 Å². The molecule has 0 aliphatic rings. The van der Waals surface area contributed by atoms with Crippen LogP contribution in [-0.2, 0) is 0 Å². The third kappa shape index (κ3) is 4.63. The second kappa shape index (κ2) is 7.37. The Balaban J connectivity index is 2.13. The molecule has 0 aliphatic carbocycles. The SMILES string of the molecule is C[C@@H](NC(=O)c1cc(Cl)ccc1F)c1cccc(OC(F)F)c1. The van der Waals surface area contributed by atoms with Crippen molar-refractivity contribution in [2.45, 2.75) is 19.6 Å². The van der Waals surface area contributed by atoms with E-state index in [1.165, 1.54) is 30.3 Å². The third-order valence-electron chi connectivity index (χ3n) is 3.10. The molecule has 1 N–H and O–H groups in total. The maximum atomic E-state index is 13.7. The van der Waals surface area contributed by atoms with Crippen molar-refractivity contribution in [2.24, 2.45) is 0 Å². The van der Waals surface area contributed by atoms with Gasteiger partial charge in [0.1, 0.15) is 11.6 Å². The highest BCUT2D eigenvalue weighted by molar-refractivity contribution is 6.31. The summed E-state index contributed by atoms with van der Waals surface area (Å²) in [4.78, 5) is 12.1. The number of alkyl halides is 2. The summed E-state index contributed by atoms with van der Waals surface area (Å²) in [5.74, 6) is -1.38. The lowest BCUT2D eigenvalue weighted by molar-refractivity contribution is -0.0499. The highest BCUT2D eigenvalue weighted by atomic mass is 35.5. The molecule has 2 aromatic carbocycles. The van der Waals surface area contributed by atoms with Crippen LogP contribution in [0.5, 0.6) is 5.75 Å². The Bertz CT molecular complexity index is 709. The topological polar surface area (TPSA) is 38.3 Å². The number of ether oxygens (including phenoxy) is 1. The number of carbonyl (C=O) groups excluding carboxylic acids is 1. The molecule has 2 rings (SSSR count). The molecule has 0 saturated heterocycles. The molecule has 1 amide bonds. The number of amides is 1. The summed E-state index contributed by atoms with van der Waals surface area (Å²) < 4.78 is 42.4. The molecule has 0 saturated carbocycles. The van der Waals surface area contributed by atoms with Crippen molar-refractivity contribution in [3.05, 3.63) is 64.4 Å². The van der Waals surface area contributed by atoms with Crippen molar-refractivity contribution in [1.29, 1.82) is 0 Å². The van der Waals surface area contributed by atoms with Crippen LogP contribution in [0.4, 0.5) is 13.2 Å². The van der Waals surface area contributed by atoms with Crippen molar-refractivity contribution < 1.29 is 22.7 Å². The zero-order chi connectivity index (χ0) is 17.0. The predicted molar refractivity (Wildman–Crippen MR) is 80.4 cm³/mol. The van der Waals surface area contributed by atoms with Crippen molar-refractivity contribution in [1.82, 2.24) is 5.32 Å². The van der Waals surface area contributed by atoms with E-state index in [4.69, 9.17) is 11.6 Å². The molecule has 0 aliphatic heterocycles. The maximum Gasteiger partial charge on any atom is 0.387 e. The standard InChI is InChI=1S/C16H13ClF3NO2/c1-9(10-3-2-4-12(7-10)23-16(19)20)21-15(22)13-8-11(17)5-6-14(13)18/h2-9,16H,1H3,(H,21,22)/t9-/m1/s1. The van der Waals surface area contributed by atoms with Gasteiger partial charge in [-0.1, -0.05) is 23.7 Å². The van der Waals surface area contributed by atoms with Gasteiger partial charge < -0.3 is 10.1 Å². The van der Waals surface area contributed by atoms with Crippen LogP contribution >= 0.6 is 11.6 Å². The van der Waals surface area contributed by atoms with Crippen LogP contribution in [0.1, 0.15) is 28.9 Å². The molecular weight excluding hydrogens is 331 g/mol. The normalized spacial score (nSPS) is 12.1. The summed E-state index contributed by atoms with van der Waals surface area (Å²) in [6.07, 6.45) is 0. The molecule has 3 nitrogen and oxygen atoms in total. The van der Waals surface area contributed by atoms with Crippen LogP contribution < -0.4 is 10.1 Å². The first-order valence-electron chi connectivity index (χ1n) is 6.67. The monoisotopic (exact) mass is 343 g/mol. The molecule has 0 fully saturated rings. The van der Waals surface area contributed by atoms with Gasteiger partial charge in [-0.2, -0.15) is 8.78 Å². The van der Waals surface area contributed by atoms with E-state index in [0.29, 0.717) is 5.56 Å². The van der Waals surface area contributed by atoms with Gasteiger partial charge >= 0.3 is 6.61 Å². The Morgan fingerprint density at radius 1 is 1.22 bits per heavy atom. The van der Waals surface area contributed by atoms with Crippen LogP contribution in [0, 0.1) is 5.82 Å². The van der Waals surface area contributed by atoms with Crippen LogP contribution in [0.3, 0.4) is 0 Å². The molecule has 0 bridgehead atoms. The van der Waals surface area contributed by atoms with Gasteiger partial charge in [-0.25, -0.2) is 4.39 Å². The number of carbonyl (C=O) groups is 1. The summed E-state index contributed by atoms with van der Waals surface area (Å²) in [5, 5.41) is 2.81. The van der Waals surface area contributed by atoms with Gasteiger partial charge in [0.05, 0.1) is 11.6 Å². The first-order valence-corrected chi connectivity index (χ1v) is 7.05. The lowest BCUT2D eigenvalue weighted by Gasteiger charge is -2.16. The fourth-order valence-electron chi connectivity index (χ4n) is 1.99. The molecule has 1 atom stereocenters. The average Bonchev–Trinajstić information content (AvgIpc) is 2.49. The molecule has 0 aromatic heterocycles. The fourth-order valence-corrected chi connectivity index (χ4v) is 2.16. The molecular formula is C16H13ClF3NO2. The number of nitrogens with one attached hydrogen (secondary N) is 1. The average molecular weight is 344 g/mol. The second-order valence-corrected chi connectivity index (χ2v) is 5.21. The van der Waals surface area contributed by atoms with E-state index < -0.39 is 24.4 Å². The number of hydrogen-bond donors (Lipinski definition) is 1. The minimum absolute atomic E-state index is 0.0208. The number of rotatable bonds is 5. The quantitative estimate of drug-likeness (QED) is 0.863. The molecule has 0 spiro atoms. The van der Waals surface area contributed by atoms with Gasteiger partial charge in [0.25, 0.3) is 5.91 Å². The van der Waals surface area contributed by atoms with E-state index in [1.807, 2.05) is 0 Å². The predicted octanol–water partition coefficient (Wildman–Crippen LogP) is 4.57. The molecule has 23 heavy (non-hydrogen) atoms. The first kappa shape index (κ1) is 17.1. The zero-order valence-electron chi connectivity index (χ0n) is 12.0. The van der Waals surface area contributed by atoms with Gasteiger partial charge in [-0.3, -0.25) is 4.79 Å². The summed E-state index contributed by atoms with van der Waals surface area (Å²) in [6, 6.07) is 9.03. The Hall–Kier alpha value is -2.21. The smallest absolute Gasteiger partial charge is 0.387 e. The summed E-state index contributed by atoms with van der Waals surface area (Å²) in [5.41, 5.74) is 0.350. The number of halogens is 4. The lowest BCUT2D eigenvalue weighted by atomic mass is 10.1. The Kier molecular flexibility index (Phi) is 5.50. The van der Waals surface area contributed by atoms with E-state index in [1.54, 1.807) is 13.0 Å². The zero-order valence-corrected chi connectivity index (χ0v) is 12.8. The Labute approximate surface area is 136 Å². The molecule has 2 aromatic rings. The third-order valence-corrected chi connectivity index (χ3v) is 3.34. The minimum atomic E-state index is -2.93. The summed E-state index contributed by atoms with van der Waals surface area (Å²) in [6.45, 7) is -1.29. The van der Waals surface area contributed by atoms with Gasteiger partial charge in [0.2, 0.25) is 0 Å². The lowest BCUT2D eigenvalue weighted by Crippen LogP contribution is -2.27. The van der Waals surface area contributed by atoms with Crippen LogP contribution in [0.15, 0.2) is 42.5 Å². The van der Waals surface area contributed by atoms with E-state index in [0.717, 1.165) is 6.07 Å².